The van der Waals surface area contributed by atoms with E-state index in [1.165, 1.54) is 0 Å². The molecular weight excluding hydrogens is 404 g/mol. The first-order valence-corrected chi connectivity index (χ1v) is 11.1. The van der Waals surface area contributed by atoms with Crippen LogP contribution in [0.5, 0.6) is 0 Å². The molecule has 4 heterocycles. The zero-order valence-electron chi connectivity index (χ0n) is 18.4. The van der Waals surface area contributed by atoms with Crippen LogP contribution < -0.4 is 0 Å². The zero-order chi connectivity index (χ0) is 22.5. The van der Waals surface area contributed by atoms with Crippen molar-refractivity contribution in [1.29, 1.82) is 0 Å². The van der Waals surface area contributed by atoms with Crippen LogP contribution in [0.2, 0.25) is 0 Å². The van der Waals surface area contributed by atoms with Crippen LogP contribution in [0.4, 0.5) is 0 Å². The van der Waals surface area contributed by atoms with Crippen molar-refractivity contribution in [2.75, 3.05) is 0 Å². The molecule has 1 aromatic carbocycles. The van der Waals surface area contributed by atoms with Gasteiger partial charge in [-0.2, -0.15) is 0 Å². The molecule has 0 bridgehead atoms. The number of aromatic nitrogens is 3. The van der Waals surface area contributed by atoms with Crippen molar-refractivity contribution < 1.29 is 0 Å². The first-order valence-electron chi connectivity index (χ1n) is 11.1. The Morgan fingerprint density at radius 2 is 1.61 bits per heavy atom. The van der Waals surface area contributed by atoms with Gasteiger partial charge in [-0.1, -0.05) is 67.6 Å². The second kappa shape index (κ2) is 9.53. The van der Waals surface area contributed by atoms with Crippen LogP contribution in [0.1, 0.15) is 35.3 Å². The summed E-state index contributed by atoms with van der Waals surface area (Å²) in [5.41, 5.74) is 7.36. The third-order valence-corrected chi connectivity index (χ3v) is 5.78. The molecule has 1 aliphatic rings. The number of allylic oxidation sites excluding steroid dienone is 1. The normalized spacial score (nSPS) is 17.8. The molecule has 4 aromatic rings. The molecule has 0 fully saturated rings. The van der Waals surface area contributed by atoms with E-state index >= 15 is 0 Å². The predicted molar refractivity (Wildman–Crippen MR) is 135 cm³/mol. The molecule has 33 heavy (non-hydrogen) atoms. The number of hydrogen-bond acceptors (Lipinski definition) is 4. The summed E-state index contributed by atoms with van der Waals surface area (Å²) in [5.74, 6) is 0.236. The van der Waals surface area contributed by atoms with E-state index in [1.807, 2.05) is 55.1 Å². The number of aliphatic imine (C=N–C) groups is 1. The average molecular weight is 429 g/mol. The highest BCUT2D eigenvalue weighted by Gasteiger charge is 2.22. The van der Waals surface area contributed by atoms with Gasteiger partial charge in [-0.25, -0.2) is 0 Å². The van der Waals surface area contributed by atoms with Crippen LogP contribution in [0.25, 0.3) is 28.9 Å². The summed E-state index contributed by atoms with van der Waals surface area (Å²) in [7, 11) is 0. The smallest absolute Gasteiger partial charge is 0.0824 e. The molecule has 4 nitrogen and oxygen atoms in total. The van der Waals surface area contributed by atoms with E-state index in [2.05, 4.69) is 65.5 Å². The summed E-state index contributed by atoms with van der Waals surface area (Å²) in [6.07, 6.45) is 17.7. The Hall–Kier alpha value is -4.18. The molecule has 0 saturated carbocycles. The molecule has 4 heteroatoms. The Kier molecular flexibility index (Phi) is 5.98. The van der Waals surface area contributed by atoms with Crippen molar-refractivity contribution in [2.24, 2.45) is 10.9 Å². The van der Waals surface area contributed by atoms with Crippen LogP contribution in [0.15, 0.2) is 103 Å². The van der Waals surface area contributed by atoms with Crippen molar-refractivity contribution in [3.8, 4) is 11.1 Å². The Bertz CT molecular complexity index is 1310. The number of rotatable bonds is 5. The third-order valence-electron chi connectivity index (χ3n) is 5.78. The van der Waals surface area contributed by atoms with Gasteiger partial charge in [0.25, 0.3) is 0 Å². The first kappa shape index (κ1) is 20.7. The number of benzene rings is 1. The Balaban J connectivity index is 1.52. The summed E-state index contributed by atoms with van der Waals surface area (Å²) in [5, 5.41) is 0. The molecular formula is C29H24N4. The zero-order valence-corrected chi connectivity index (χ0v) is 18.4. The molecule has 2 unspecified atom stereocenters. The van der Waals surface area contributed by atoms with Gasteiger partial charge in [0.15, 0.2) is 0 Å². The van der Waals surface area contributed by atoms with E-state index in [0.29, 0.717) is 0 Å². The molecule has 0 saturated heterocycles. The maximum absolute atomic E-state index is 4.87. The molecule has 5 rings (SSSR count). The fourth-order valence-corrected chi connectivity index (χ4v) is 4.09. The fourth-order valence-electron chi connectivity index (χ4n) is 4.09. The van der Waals surface area contributed by atoms with E-state index in [9.17, 15) is 0 Å². The van der Waals surface area contributed by atoms with Gasteiger partial charge in [-0.3, -0.25) is 19.9 Å². The highest BCUT2D eigenvalue weighted by Crippen LogP contribution is 2.34. The third kappa shape index (κ3) is 4.70. The van der Waals surface area contributed by atoms with E-state index < -0.39 is 0 Å². The van der Waals surface area contributed by atoms with E-state index in [1.54, 1.807) is 12.4 Å². The first-order chi connectivity index (χ1) is 16.3. The minimum Gasteiger partial charge on any atom is -0.284 e. The molecule has 0 radical (unpaired) electrons. The van der Waals surface area contributed by atoms with E-state index in [0.717, 1.165) is 39.1 Å². The molecule has 3 aromatic heterocycles. The predicted octanol–water partition coefficient (Wildman–Crippen LogP) is 6.55. The number of dihydropyridines is 1. The molecule has 0 N–H and O–H groups in total. The lowest BCUT2D eigenvalue weighted by atomic mass is 9.90. The summed E-state index contributed by atoms with van der Waals surface area (Å²) < 4.78 is 0. The average Bonchev–Trinajstić information content (AvgIpc) is 2.89. The van der Waals surface area contributed by atoms with Gasteiger partial charge in [-0.15, -0.1) is 0 Å². The fraction of sp³-hybridized carbons (Fsp3) is 0.103. The van der Waals surface area contributed by atoms with Crippen molar-refractivity contribution in [1.82, 2.24) is 15.0 Å². The Morgan fingerprint density at radius 1 is 0.788 bits per heavy atom. The van der Waals surface area contributed by atoms with Crippen LogP contribution in [0.3, 0.4) is 0 Å². The lowest BCUT2D eigenvalue weighted by Crippen LogP contribution is -2.12. The minimum absolute atomic E-state index is 0.0698. The van der Waals surface area contributed by atoms with Gasteiger partial charge < -0.3 is 0 Å². The second-order valence-electron chi connectivity index (χ2n) is 8.14. The number of hydrogen-bond donors (Lipinski definition) is 0. The molecule has 0 aliphatic carbocycles. The number of pyridine rings is 3. The molecule has 0 amide bonds. The summed E-state index contributed by atoms with van der Waals surface area (Å²) in [6.45, 7) is 2.19. The van der Waals surface area contributed by atoms with Crippen LogP contribution in [0, 0.1) is 5.92 Å². The summed E-state index contributed by atoms with van der Waals surface area (Å²) in [4.78, 5) is 18.3. The summed E-state index contributed by atoms with van der Waals surface area (Å²) >= 11 is 0. The van der Waals surface area contributed by atoms with Gasteiger partial charge in [0.05, 0.1) is 11.7 Å². The van der Waals surface area contributed by atoms with Crippen LogP contribution in [-0.2, 0) is 0 Å². The second-order valence-corrected chi connectivity index (χ2v) is 8.14. The van der Waals surface area contributed by atoms with Gasteiger partial charge in [0.1, 0.15) is 0 Å². The largest absolute Gasteiger partial charge is 0.284 e. The Morgan fingerprint density at radius 3 is 2.33 bits per heavy atom. The maximum atomic E-state index is 4.87. The van der Waals surface area contributed by atoms with Crippen molar-refractivity contribution in [3.63, 3.8) is 0 Å². The van der Waals surface area contributed by atoms with Gasteiger partial charge in [-0.05, 0) is 29.3 Å². The topological polar surface area (TPSA) is 51.0 Å². The molecule has 1 aliphatic heterocycles. The van der Waals surface area contributed by atoms with Crippen molar-refractivity contribution in [3.05, 3.63) is 120 Å². The summed E-state index contributed by atoms with van der Waals surface area (Å²) in [6, 6.07) is 20.6. The maximum Gasteiger partial charge on any atom is 0.0824 e. The van der Waals surface area contributed by atoms with Crippen LogP contribution in [-0.4, -0.2) is 21.2 Å². The highest BCUT2D eigenvalue weighted by molar-refractivity contribution is 6.11. The van der Waals surface area contributed by atoms with E-state index in [-0.39, 0.29) is 12.0 Å². The lowest BCUT2D eigenvalue weighted by Gasteiger charge is -2.23. The highest BCUT2D eigenvalue weighted by atomic mass is 14.8. The molecule has 160 valence electrons. The minimum atomic E-state index is 0.0698. The van der Waals surface area contributed by atoms with Crippen molar-refractivity contribution >= 4 is 23.9 Å². The lowest BCUT2D eigenvalue weighted by molar-refractivity contribution is 0.566. The SMILES string of the molecule is CC1C=C(c2ncc(-c3cccnc3)cc2/C=C/c2ccccc2)C=NC1c1cccnc1. The van der Waals surface area contributed by atoms with Crippen molar-refractivity contribution in [2.45, 2.75) is 13.0 Å². The number of nitrogens with zero attached hydrogens (tertiary/aromatic N) is 4. The molecule has 2 atom stereocenters. The van der Waals surface area contributed by atoms with Gasteiger partial charge >= 0.3 is 0 Å². The standard InChI is InChI=1S/C29H24N4/c1-21-15-27(20-32-28(21)25-10-6-14-31-18-25)29-23(12-11-22-7-3-2-4-8-22)16-26(19-33-29)24-9-5-13-30-17-24/h2-21,28H,1H3/b12-11+. The van der Waals surface area contributed by atoms with Gasteiger partial charge in [0, 0.05) is 65.4 Å². The van der Waals surface area contributed by atoms with Crippen LogP contribution >= 0.6 is 0 Å². The monoisotopic (exact) mass is 428 g/mol. The Labute approximate surface area is 194 Å². The van der Waals surface area contributed by atoms with E-state index in [4.69, 9.17) is 9.98 Å². The van der Waals surface area contributed by atoms with Gasteiger partial charge in [0.2, 0.25) is 0 Å². The molecule has 0 spiro atoms. The quantitative estimate of drug-likeness (QED) is 0.362.